The summed E-state index contributed by atoms with van der Waals surface area (Å²) in [7, 11) is 3.72. The van der Waals surface area contributed by atoms with E-state index in [4.69, 9.17) is 9.72 Å². The molecule has 1 saturated heterocycles. The van der Waals surface area contributed by atoms with Gasteiger partial charge in [-0.15, -0.1) is 0 Å². The fraction of sp³-hybridized carbons (Fsp3) is 0.364. The molecule has 1 amide bonds. The molecule has 0 N–H and O–H groups in total. The number of amides is 1. The van der Waals surface area contributed by atoms with Gasteiger partial charge >= 0.3 is 0 Å². The number of benzene rings is 1. The predicted molar refractivity (Wildman–Crippen MR) is 114 cm³/mol. The lowest BCUT2D eigenvalue weighted by molar-refractivity contribution is -0.0246. The van der Waals surface area contributed by atoms with Crippen LogP contribution in [0.4, 0.5) is 10.3 Å². The van der Waals surface area contributed by atoms with Crippen molar-refractivity contribution in [3.63, 3.8) is 0 Å². The molecular formula is C22H25FN6O2. The number of rotatable bonds is 5. The quantitative estimate of drug-likeness (QED) is 0.627. The molecule has 0 saturated carbocycles. The Bertz CT molecular complexity index is 1070. The first-order valence-corrected chi connectivity index (χ1v) is 10.2. The standard InChI is InChI=1S/C22H25FN6O2/c1-4-29-10-9-18(26-29)21(30)28-11-12-31-19(14-28)20-17(13-24-22(25-20)27(2)3)15-5-7-16(23)8-6-15/h5-10,13,19H,4,11-12,14H2,1-3H3/t19-/m0/s1. The molecule has 1 atom stereocenters. The van der Waals surface area contributed by atoms with E-state index in [9.17, 15) is 9.18 Å². The molecule has 31 heavy (non-hydrogen) atoms. The molecule has 3 heterocycles. The zero-order valence-electron chi connectivity index (χ0n) is 17.8. The van der Waals surface area contributed by atoms with Crippen molar-refractivity contribution in [1.82, 2.24) is 24.6 Å². The second-order valence-electron chi connectivity index (χ2n) is 7.54. The average Bonchev–Trinajstić information content (AvgIpc) is 3.28. The zero-order chi connectivity index (χ0) is 22.0. The molecule has 0 unspecified atom stereocenters. The van der Waals surface area contributed by atoms with E-state index in [1.807, 2.05) is 21.0 Å². The van der Waals surface area contributed by atoms with Crippen molar-refractivity contribution < 1.29 is 13.9 Å². The van der Waals surface area contributed by atoms with E-state index in [1.165, 1.54) is 12.1 Å². The molecule has 8 nitrogen and oxygen atoms in total. The highest BCUT2D eigenvalue weighted by molar-refractivity contribution is 5.92. The number of hydrogen-bond acceptors (Lipinski definition) is 6. The lowest BCUT2D eigenvalue weighted by atomic mass is 10.0. The van der Waals surface area contributed by atoms with Crippen LogP contribution in [0.15, 0.2) is 42.7 Å². The molecule has 0 radical (unpaired) electrons. The Labute approximate surface area is 180 Å². The van der Waals surface area contributed by atoms with E-state index in [1.54, 1.807) is 45.1 Å². The predicted octanol–water partition coefficient (Wildman–Crippen LogP) is 2.78. The van der Waals surface area contributed by atoms with Gasteiger partial charge in [0.25, 0.3) is 5.91 Å². The number of halogens is 1. The van der Waals surface area contributed by atoms with Gasteiger partial charge in [-0.05, 0) is 30.7 Å². The number of ether oxygens (including phenoxy) is 1. The maximum absolute atomic E-state index is 13.4. The number of carbonyl (C=O) groups excluding carboxylic acids is 1. The summed E-state index contributed by atoms with van der Waals surface area (Å²) in [5.41, 5.74) is 2.62. The van der Waals surface area contributed by atoms with Crippen molar-refractivity contribution in [2.24, 2.45) is 0 Å². The summed E-state index contributed by atoms with van der Waals surface area (Å²) in [6.45, 7) is 3.88. The van der Waals surface area contributed by atoms with E-state index < -0.39 is 6.10 Å². The molecule has 1 fully saturated rings. The van der Waals surface area contributed by atoms with Gasteiger partial charge in [-0.2, -0.15) is 5.10 Å². The second-order valence-corrected chi connectivity index (χ2v) is 7.54. The lowest BCUT2D eigenvalue weighted by Crippen LogP contribution is -2.42. The molecule has 2 aromatic heterocycles. The monoisotopic (exact) mass is 424 g/mol. The van der Waals surface area contributed by atoms with Crippen LogP contribution in [-0.4, -0.2) is 64.3 Å². The van der Waals surface area contributed by atoms with Gasteiger partial charge in [0.15, 0.2) is 0 Å². The first kappa shape index (κ1) is 20.9. The molecule has 0 aliphatic carbocycles. The summed E-state index contributed by atoms with van der Waals surface area (Å²) >= 11 is 0. The number of anilines is 1. The molecule has 9 heteroatoms. The fourth-order valence-electron chi connectivity index (χ4n) is 3.51. The van der Waals surface area contributed by atoms with Crippen LogP contribution in [0.1, 0.15) is 29.2 Å². The normalized spacial score (nSPS) is 16.4. The van der Waals surface area contributed by atoms with Crippen LogP contribution in [0, 0.1) is 5.82 Å². The second kappa shape index (κ2) is 8.81. The number of hydrogen-bond donors (Lipinski definition) is 0. The topological polar surface area (TPSA) is 76.4 Å². The van der Waals surface area contributed by atoms with E-state index in [-0.39, 0.29) is 11.7 Å². The van der Waals surface area contributed by atoms with Gasteiger partial charge in [-0.1, -0.05) is 12.1 Å². The van der Waals surface area contributed by atoms with Gasteiger partial charge in [-0.25, -0.2) is 14.4 Å². The van der Waals surface area contributed by atoms with E-state index in [0.717, 1.165) is 11.1 Å². The van der Waals surface area contributed by atoms with Crippen molar-refractivity contribution in [3.05, 3.63) is 59.9 Å². The molecule has 0 spiro atoms. The Kier molecular flexibility index (Phi) is 5.94. The summed E-state index contributed by atoms with van der Waals surface area (Å²) in [5, 5.41) is 4.33. The van der Waals surface area contributed by atoms with Crippen molar-refractivity contribution in [3.8, 4) is 11.1 Å². The van der Waals surface area contributed by atoms with Crippen LogP contribution in [0.5, 0.6) is 0 Å². The largest absolute Gasteiger partial charge is 0.368 e. The van der Waals surface area contributed by atoms with Crippen molar-refractivity contribution in [2.75, 3.05) is 38.7 Å². The average molecular weight is 424 g/mol. The SMILES string of the molecule is CCn1ccc(C(=O)N2CCO[C@H](c3nc(N(C)C)ncc3-c3ccc(F)cc3)C2)n1. The van der Waals surface area contributed by atoms with E-state index in [0.29, 0.717) is 43.6 Å². The lowest BCUT2D eigenvalue weighted by Gasteiger charge is -2.33. The van der Waals surface area contributed by atoms with E-state index >= 15 is 0 Å². The minimum absolute atomic E-state index is 0.134. The van der Waals surface area contributed by atoms with Crippen molar-refractivity contribution in [1.29, 1.82) is 0 Å². The van der Waals surface area contributed by atoms with Gasteiger partial charge in [0.1, 0.15) is 17.6 Å². The van der Waals surface area contributed by atoms with Gasteiger partial charge in [0, 0.05) is 45.1 Å². The van der Waals surface area contributed by atoms with Crippen molar-refractivity contribution >= 4 is 11.9 Å². The summed E-state index contributed by atoms with van der Waals surface area (Å²) < 4.78 is 21.2. The maximum atomic E-state index is 13.4. The summed E-state index contributed by atoms with van der Waals surface area (Å²) in [4.78, 5) is 25.7. The molecule has 0 bridgehead atoms. The van der Waals surface area contributed by atoms with Gasteiger partial charge < -0.3 is 14.5 Å². The number of nitrogens with zero attached hydrogens (tertiary/aromatic N) is 6. The number of carbonyl (C=O) groups is 1. The Morgan fingerprint density at radius 2 is 2.03 bits per heavy atom. The highest BCUT2D eigenvalue weighted by atomic mass is 19.1. The molecule has 4 rings (SSSR count). The summed E-state index contributed by atoms with van der Waals surface area (Å²) in [5.74, 6) is 0.0913. The smallest absolute Gasteiger partial charge is 0.274 e. The Morgan fingerprint density at radius 1 is 1.26 bits per heavy atom. The van der Waals surface area contributed by atoms with Gasteiger partial charge in [0.2, 0.25) is 5.95 Å². The summed E-state index contributed by atoms with van der Waals surface area (Å²) in [6, 6.07) is 7.92. The Morgan fingerprint density at radius 3 is 2.71 bits per heavy atom. The third kappa shape index (κ3) is 4.41. The fourth-order valence-corrected chi connectivity index (χ4v) is 3.51. The Balaban J connectivity index is 1.66. The highest BCUT2D eigenvalue weighted by Crippen LogP contribution is 2.32. The number of aryl methyl sites for hydroxylation is 1. The van der Waals surface area contributed by atoms with E-state index in [2.05, 4.69) is 10.1 Å². The molecular weight excluding hydrogens is 399 g/mol. The minimum Gasteiger partial charge on any atom is -0.368 e. The minimum atomic E-state index is -0.437. The maximum Gasteiger partial charge on any atom is 0.274 e. The molecule has 1 aliphatic heterocycles. The Hall–Kier alpha value is -3.33. The van der Waals surface area contributed by atoms with Crippen molar-refractivity contribution in [2.45, 2.75) is 19.6 Å². The van der Waals surface area contributed by atoms with Gasteiger partial charge in [0.05, 0.1) is 18.8 Å². The van der Waals surface area contributed by atoms with Gasteiger partial charge in [-0.3, -0.25) is 9.48 Å². The zero-order valence-corrected chi connectivity index (χ0v) is 17.8. The van der Waals surface area contributed by atoms with Crippen LogP contribution in [0.2, 0.25) is 0 Å². The number of morpholine rings is 1. The number of aromatic nitrogens is 4. The highest BCUT2D eigenvalue weighted by Gasteiger charge is 2.30. The third-order valence-electron chi connectivity index (χ3n) is 5.20. The van der Waals surface area contributed by atoms with Crippen LogP contribution in [0.25, 0.3) is 11.1 Å². The third-order valence-corrected chi connectivity index (χ3v) is 5.20. The molecule has 162 valence electrons. The van der Waals surface area contributed by atoms with Crippen LogP contribution < -0.4 is 4.90 Å². The van der Waals surface area contributed by atoms with Crippen LogP contribution in [0.3, 0.4) is 0 Å². The molecule has 3 aromatic rings. The first-order chi connectivity index (χ1) is 15.0. The summed E-state index contributed by atoms with van der Waals surface area (Å²) in [6.07, 6.45) is 3.08. The molecule has 1 aliphatic rings. The van der Waals surface area contributed by atoms with Crippen LogP contribution >= 0.6 is 0 Å². The first-order valence-electron chi connectivity index (χ1n) is 10.2. The van der Waals surface area contributed by atoms with Crippen LogP contribution in [-0.2, 0) is 11.3 Å². The molecule has 1 aromatic carbocycles.